The summed E-state index contributed by atoms with van der Waals surface area (Å²) >= 11 is 0. The highest BCUT2D eigenvalue weighted by molar-refractivity contribution is 5.76. The molecule has 4 aliphatic rings. The Morgan fingerprint density at radius 1 is 1.17 bits per heavy atom. The molecule has 0 aliphatic heterocycles. The minimum Gasteiger partial charge on any atom is -0.467 e. The van der Waals surface area contributed by atoms with Crippen LogP contribution in [0.4, 0.5) is 0 Å². The number of carbonyl (C=O) groups is 1. The maximum atomic E-state index is 12.4. The van der Waals surface area contributed by atoms with Crippen molar-refractivity contribution in [1.29, 1.82) is 0 Å². The largest absolute Gasteiger partial charge is 0.467 e. The maximum absolute atomic E-state index is 12.4. The fourth-order valence-electron chi connectivity index (χ4n) is 8.08. The minimum absolute atomic E-state index is 0.252. The average molecular weight is 421 g/mol. The predicted octanol–water partition coefficient (Wildman–Crippen LogP) is 4.27. The van der Waals surface area contributed by atoms with Crippen molar-refractivity contribution in [1.82, 2.24) is 0 Å². The molecule has 0 aromatic heterocycles. The van der Waals surface area contributed by atoms with E-state index >= 15 is 0 Å². The Morgan fingerprint density at radius 2 is 1.90 bits per heavy atom. The molecule has 1 N–H and O–H groups in total. The first-order valence-corrected chi connectivity index (χ1v) is 11.9. The first kappa shape index (κ1) is 22.3. The van der Waals surface area contributed by atoms with Crippen LogP contribution in [0.3, 0.4) is 0 Å². The quantitative estimate of drug-likeness (QED) is 0.531. The van der Waals surface area contributed by atoms with E-state index in [2.05, 4.69) is 26.8 Å². The fraction of sp³-hybridized carbons (Fsp3) is 0.880. The van der Waals surface area contributed by atoms with Crippen LogP contribution >= 0.6 is 0 Å². The van der Waals surface area contributed by atoms with Crippen LogP contribution in [0, 0.1) is 28.6 Å². The van der Waals surface area contributed by atoms with Crippen molar-refractivity contribution in [3.8, 4) is 0 Å². The first-order chi connectivity index (χ1) is 14.2. The summed E-state index contributed by atoms with van der Waals surface area (Å²) in [6, 6.07) is 0. The van der Waals surface area contributed by atoms with E-state index < -0.39 is 17.7 Å². The normalized spacial score (nSPS) is 46.3. The molecule has 0 aromatic rings. The Labute approximate surface area is 181 Å². The number of rotatable bonds is 5. The van der Waals surface area contributed by atoms with Crippen LogP contribution in [0.25, 0.3) is 0 Å². The Hall–Kier alpha value is -0.910. The molecule has 5 nitrogen and oxygen atoms in total. The van der Waals surface area contributed by atoms with E-state index in [0.717, 1.165) is 45.1 Å². The van der Waals surface area contributed by atoms with E-state index in [-0.39, 0.29) is 10.8 Å². The number of allylic oxidation sites excluding steroid dienone is 1. The van der Waals surface area contributed by atoms with Gasteiger partial charge in [0.05, 0.1) is 13.2 Å². The monoisotopic (exact) mass is 420 g/mol. The third kappa shape index (κ3) is 3.02. The zero-order valence-corrected chi connectivity index (χ0v) is 19.4. The van der Waals surface area contributed by atoms with Crippen molar-refractivity contribution in [2.75, 3.05) is 20.8 Å². The Bertz CT molecular complexity index is 704. The first-order valence-electron chi connectivity index (χ1n) is 11.9. The highest BCUT2D eigenvalue weighted by Crippen LogP contribution is 2.67. The lowest BCUT2D eigenvalue weighted by molar-refractivity contribution is -0.201. The lowest BCUT2D eigenvalue weighted by atomic mass is 9.46. The molecule has 2 unspecified atom stereocenters. The number of aliphatic hydroxyl groups is 1. The SMILES string of the molecule is CCOC1CC[C@@]2(C)C(=CC[C@@H]3[C@@H]2CC[C@@]2(C)[C@H]3CC[C@]2(O)C(OC)C(=O)OC)C1. The molecule has 0 amide bonds. The number of esters is 1. The number of fused-ring (bicyclic) bond motifs is 5. The molecule has 4 aliphatic carbocycles. The Kier molecular flexibility index (Phi) is 5.87. The zero-order valence-electron chi connectivity index (χ0n) is 19.4. The van der Waals surface area contributed by atoms with Crippen LogP contribution in [0.2, 0.25) is 0 Å². The van der Waals surface area contributed by atoms with Crippen molar-refractivity contribution in [2.45, 2.75) is 89.9 Å². The van der Waals surface area contributed by atoms with Gasteiger partial charge in [0, 0.05) is 19.1 Å². The molecule has 0 saturated heterocycles. The van der Waals surface area contributed by atoms with Crippen LogP contribution < -0.4 is 0 Å². The van der Waals surface area contributed by atoms with E-state index in [1.807, 2.05) is 0 Å². The van der Waals surface area contributed by atoms with Crippen molar-refractivity contribution >= 4 is 5.97 Å². The molecular formula is C25H40O5. The molecule has 30 heavy (non-hydrogen) atoms. The second-order valence-corrected chi connectivity index (χ2v) is 10.6. The molecule has 0 spiro atoms. The van der Waals surface area contributed by atoms with Gasteiger partial charge < -0.3 is 19.3 Å². The summed E-state index contributed by atoms with van der Waals surface area (Å²) in [5.41, 5.74) is 0.367. The van der Waals surface area contributed by atoms with E-state index in [4.69, 9.17) is 14.2 Å². The third-order valence-corrected chi connectivity index (χ3v) is 9.76. The highest BCUT2D eigenvalue weighted by atomic mass is 16.6. The van der Waals surface area contributed by atoms with E-state index in [9.17, 15) is 9.90 Å². The fourth-order valence-corrected chi connectivity index (χ4v) is 8.08. The van der Waals surface area contributed by atoms with Gasteiger partial charge in [0.25, 0.3) is 0 Å². The molecule has 4 rings (SSSR count). The number of hydrogen-bond acceptors (Lipinski definition) is 5. The van der Waals surface area contributed by atoms with E-state index in [0.29, 0.717) is 30.3 Å². The smallest absolute Gasteiger partial charge is 0.338 e. The second-order valence-electron chi connectivity index (χ2n) is 10.6. The van der Waals surface area contributed by atoms with Gasteiger partial charge in [-0.3, -0.25) is 0 Å². The van der Waals surface area contributed by atoms with Crippen molar-refractivity contribution < 1.29 is 24.1 Å². The van der Waals surface area contributed by atoms with Gasteiger partial charge in [-0.2, -0.15) is 0 Å². The van der Waals surface area contributed by atoms with Gasteiger partial charge in [0.15, 0.2) is 6.10 Å². The van der Waals surface area contributed by atoms with Crippen molar-refractivity contribution in [3.05, 3.63) is 11.6 Å². The second kappa shape index (κ2) is 7.90. The minimum atomic E-state index is -1.16. The van der Waals surface area contributed by atoms with E-state index in [1.165, 1.54) is 20.6 Å². The van der Waals surface area contributed by atoms with Crippen LogP contribution in [0.1, 0.15) is 72.1 Å². The molecule has 170 valence electrons. The van der Waals surface area contributed by atoms with Gasteiger partial charge >= 0.3 is 5.97 Å². The lowest BCUT2D eigenvalue weighted by Gasteiger charge is -2.59. The summed E-state index contributed by atoms with van der Waals surface area (Å²) in [7, 11) is 2.88. The summed E-state index contributed by atoms with van der Waals surface area (Å²) < 4.78 is 16.5. The molecule has 8 atom stereocenters. The standard InChI is InChI=1S/C25H40O5/c1-6-30-17-9-12-23(2)16(15-17)7-8-18-19(23)10-13-24(3)20(18)11-14-25(24,27)21(28-4)22(26)29-5/h7,17-21,27H,6,8-15H2,1-5H3/t17?,18-,19+,20+,21?,23+,24+,25+/m1/s1. The van der Waals surface area contributed by atoms with Crippen LogP contribution in [-0.2, 0) is 19.0 Å². The Balaban J connectivity index is 1.62. The molecule has 3 fully saturated rings. The van der Waals surface area contributed by atoms with Crippen LogP contribution in [0.15, 0.2) is 11.6 Å². The number of carbonyl (C=O) groups excluding carboxylic acids is 1. The van der Waals surface area contributed by atoms with E-state index in [1.54, 1.807) is 5.57 Å². The van der Waals surface area contributed by atoms with Gasteiger partial charge in [0.1, 0.15) is 5.60 Å². The van der Waals surface area contributed by atoms with Crippen LogP contribution in [0.5, 0.6) is 0 Å². The van der Waals surface area contributed by atoms with Gasteiger partial charge in [0.2, 0.25) is 0 Å². The molecule has 5 heteroatoms. The Morgan fingerprint density at radius 3 is 2.57 bits per heavy atom. The predicted molar refractivity (Wildman–Crippen MR) is 115 cm³/mol. The summed E-state index contributed by atoms with van der Waals surface area (Å²) in [5, 5.41) is 11.8. The number of methoxy groups -OCH3 is 2. The van der Waals surface area contributed by atoms with Gasteiger partial charge in [-0.05, 0) is 81.5 Å². The molecule has 0 aromatic carbocycles. The number of hydrogen-bond donors (Lipinski definition) is 1. The van der Waals surface area contributed by atoms with Gasteiger partial charge in [-0.25, -0.2) is 4.79 Å². The highest BCUT2D eigenvalue weighted by Gasteiger charge is 2.67. The molecule has 0 heterocycles. The van der Waals surface area contributed by atoms with Gasteiger partial charge in [-0.15, -0.1) is 0 Å². The average Bonchev–Trinajstić information content (AvgIpc) is 3.00. The van der Waals surface area contributed by atoms with Crippen LogP contribution in [-0.4, -0.2) is 49.7 Å². The topological polar surface area (TPSA) is 65.0 Å². The maximum Gasteiger partial charge on any atom is 0.338 e. The lowest BCUT2D eigenvalue weighted by Crippen LogP contribution is -2.61. The molecule has 0 bridgehead atoms. The number of ether oxygens (including phenoxy) is 3. The van der Waals surface area contributed by atoms with Crippen molar-refractivity contribution in [2.24, 2.45) is 28.6 Å². The summed E-state index contributed by atoms with van der Waals surface area (Å²) in [6.07, 6.45) is 10.1. The molecule has 3 saturated carbocycles. The third-order valence-electron chi connectivity index (χ3n) is 9.76. The summed E-state index contributed by atoms with van der Waals surface area (Å²) in [6.45, 7) is 7.56. The zero-order chi connectivity index (χ0) is 21.7. The summed E-state index contributed by atoms with van der Waals surface area (Å²) in [4.78, 5) is 12.4. The van der Waals surface area contributed by atoms with Gasteiger partial charge in [-0.1, -0.05) is 25.5 Å². The molecule has 0 radical (unpaired) electrons. The molecular weight excluding hydrogens is 380 g/mol. The summed E-state index contributed by atoms with van der Waals surface area (Å²) in [5.74, 6) is 1.16. The van der Waals surface area contributed by atoms with Crippen molar-refractivity contribution in [3.63, 3.8) is 0 Å².